The summed E-state index contributed by atoms with van der Waals surface area (Å²) in [4.78, 5) is 0. The molecule has 0 aromatic heterocycles. The van der Waals surface area contributed by atoms with Crippen LogP contribution in [0.1, 0.15) is 34.1 Å². The van der Waals surface area contributed by atoms with Crippen LogP contribution in [0.3, 0.4) is 0 Å². The minimum Gasteiger partial charge on any atom is -0.379 e. The first-order chi connectivity index (χ1) is 5.98. The first-order valence-electron chi connectivity index (χ1n) is 4.76. The van der Waals surface area contributed by atoms with Crippen molar-refractivity contribution >= 4 is 0 Å². The zero-order valence-electron chi connectivity index (χ0n) is 9.05. The Labute approximate surface area is 81.1 Å². The summed E-state index contributed by atoms with van der Waals surface area (Å²) < 4.78 is 5.37. The number of nitriles is 1. The summed E-state index contributed by atoms with van der Waals surface area (Å²) >= 11 is 0. The van der Waals surface area contributed by atoms with Gasteiger partial charge in [0.2, 0.25) is 0 Å². The van der Waals surface area contributed by atoms with Crippen molar-refractivity contribution in [1.82, 2.24) is 5.32 Å². The highest BCUT2D eigenvalue weighted by atomic mass is 16.5. The van der Waals surface area contributed by atoms with Gasteiger partial charge in [-0.05, 0) is 40.7 Å². The SMILES string of the molecule is CC(C)OCCCNC(C)(C)C#N. The number of rotatable bonds is 6. The van der Waals surface area contributed by atoms with Gasteiger partial charge >= 0.3 is 0 Å². The Morgan fingerprint density at radius 1 is 1.46 bits per heavy atom. The summed E-state index contributed by atoms with van der Waals surface area (Å²) in [6, 6.07) is 2.19. The van der Waals surface area contributed by atoms with Crippen molar-refractivity contribution in [3.05, 3.63) is 0 Å². The van der Waals surface area contributed by atoms with Crippen LogP contribution in [0.25, 0.3) is 0 Å². The van der Waals surface area contributed by atoms with Crippen LogP contribution in [0, 0.1) is 11.3 Å². The summed E-state index contributed by atoms with van der Waals surface area (Å²) in [7, 11) is 0. The molecule has 0 radical (unpaired) electrons. The highest BCUT2D eigenvalue weighted by molar-refractivity contribution is 4.99. The van der Waals surface area contributed by atoms with E-state index in [2.05, 4.69) is 11.4 Å². The zero-order chi connectivity index (χ0) is 10.3. The van der Waals surface area contributed by atoms with Gasteiger partial charge in [-0.3, -0.25) is 5.32 Å². The fraction of sp³-hybridized carbons (Fsp3) is 0.900. The molecule has 0 spiro atoms. The van der Waals surface area contributed by atoms with Crippen LogP contribution in [0.5, 0.6) is 0 Å². The van der Waals surface area contributed by atoms with Crippen LogP contribution in [0.15, 0.2) is 0 Å². The third-order valence-electron chi connectivity index (χ3n) is 1.62. The molecule has 0 aliphatic rings. The second kappa shape index (κ2) is 5.95. The highest BCUT2D eigenvalue weighted by Crippen LogP contribution is 1.98. The van der Waals surface area contributed by atoms with Crippen LogP contribution in [-0.2, 0) is 4.74 Å². The van der Waals surface area contributed by atoms with Crippen molar-refractivity contribution in [3.8, 4) is 6.07 Å². The molecule has 0 saturated heterocycles. The fourth-order valence-electron chi connectivity index (χ4n) is 0.832. The average Bonchev–Trinajstić information content (AvgIpc) is 2.03. The Morgan fingerprint density at radius 3 is 2.54 bits per heavy atom. The molecule has 0 aliphatic carbocycles. The van der Waals surface area contributed by atoms with Crippen LogP contribution >= 0.6 is 0 Å². The quantitative estimate of drug-likeness (QED) is 0.639. The lowest BCUT2D eigenvalue weighted by atomic mass is 10.1. The lowest BCUT2D eigenvalue weighted by molar-refractivity contribution is 0.0765. The number of nitrogens with zero attached hydrogens (tertiary/aromatic N) is 1. The van der Waals surface area contributed by atoms with E-state index < -0.39 is 5.54 Å². The number of nitrogens with one attached hydrogen (secondary N) is 1. The number of ether oxygens (including phenoxy) is 1. The molecule has 0 unspecified atom stereocenters. The van der Waals surface area contributed by atoms with E-state index >= 15 is 0 Å². The van der Waals surface area contributed by atoms with E-state index in [1.54, 1.807) is 0 Å². The maximum atomic E-state index is 8.70. The van der Waals surface area contributed by atoms with Crippen LogP contribution in [-0.4, -0.2) is 24.8 Å². The minimum atomic E-state index is -0.419. The van der Waals surface area contributed by atoms with E-state index in [1.807, 2.05) is 27.7 Å². The molecular formula is C10H20N2O. The molecule has 0 atom stereocenters. The van der Waals surface area contributed by atoms with Gasteiger partial charge in [0.15, 0.2) is 0 Å². The largest absolute Gasteiger partial charge is 0.379 e. The Balaban J connectivity index is 3.32. The van der Waals surface area contributed by atoms with Gasteiger partial charge in [0.1, 0.15) is 5.54 Å². The van der Waals surface area contributed by atoms with E-state index in [-0.39, 0.29) is 0 Å². The molecule has 0 saturated carbocycles. The standard InChI is InChI=1S/C10H20N2O/c1-9(2)13-7-5-6-12-10(3,4)8-11/h9,12H,5-7H2,1-4H3. The van der Waals surface area contributed by atoms with Gasteiger partial charge < -0.3 is 4.74 Å². The molecule has 13 heavy (non-hydrogen) atoms. The Morgan fingerprint density at radius 2 is 2.08 bits per heavy atom. The lowest BCUT2D eigenvalue weighted by Gasteiger charge is -2.17. The smallest absolute Gasteiger partial charge is 0.101 e. The maximum absolute atomic E-state index is 8.70. The summed E-state index contributed by atoms with van der Waals surface area (Å²) in [6.45, 7) is 9.37. The van der Waals surface area contributed by atoms with Gasteiger partial charge in [-0.1, -0.05) is 0 Å². The first kappa shape index (κ1) is 12.4. The third kappa shape index (κ3) is 7.76. The predicted molar refractivity (Wildman–Crippen MR) is 53.4 cm³/mol. The summed E-state index contributed by atoms with van der Waals surface area (Å²) in [6.07, 6.45) is 1.24. The van der Waals surface area contributed by atoms with E-state index in [9.17, 15) is 0 Å². The Kier molecular flexibility index (Phi) is 5.68. The molecule has 0 aromatic rings. The monoisotopic (exact) mass is 184 g/mol. The summed E-state index contributed by atoms with van der Waals surface area (Å²) in [5.74, 6) is 0. The lowest BCUT2D eigenvalue weighted by Crippen LogP contribution is -2.38. The maximum Gasteiger partial charge on any atom is 0.101 e. The summed E-state index contributed by atoms with van der Waals surface area (Å²) in [5.41, 5.74) is -0.419. The predicted octanol–water partition coefficient (Wildman–Crippen LogP) is 1.69. The van der Waals surface area contributed by atoms with Crippen molar-refractivity contribution in [1.29, 1.82) is 5.26 Å². The van der Waals surface area contributed by atoms with Gasteiger partial charge in [0.05, 0.1) is 12.2 Å². The molecule has 0 rings (SSSR count). The van der Waals surface area contributed by atoms with Gasteiger partial charge in [0.25, 0.3) is 0 Å². The molecule has 3 heteroatoms. The molecule has 0 bridgehead atoms. The van der Waals surface area contributed by atoms with Crippen LogP contribution in [0.2, 0.25) is 0 Å². The van der Waals surface area contributed by atoms with Gasteiger partial charge in [-0.25, -0.2) is 0 Å². The van der Waals surface area contributed by atoms with Gasteiger partial charge in [-0.2, -0.15) is 5.26 Å². The topological polar surface area (TPSA) is 45.0 Å². The molecule has 0 aromatic carbocycles. The molecule has 3 nitrogen and oxygen atoms in total. The number of hydrogen-bond donors (Lipinski definition) is 1. The Bertz CT molecular complexity index is 170. The van der Waals surface area contributed by atoms with Gasteiger partial charge in [-0.15, -0.1) is 0 Å². The van der Waals surface area contributed by atoms with E-state index in [0.29, 0.717) is 6.10 Å². The Hall–Kier alpha value is -0.590. The van der Waals surface area contributed by atoms with E-state index in [0.717, 1.165) is 19.6 Å². The van der Waals surface area contributed by atoms with Crippen molar-refractivity contribution in [3.63, 3.8) is 0 Å². The molecule has 1 N–H and O–H groups in total. The molecule has 76 valence electrons. The normalized spacial score (nSPS) is 11.7. The first-order valence-corrected chi connectivity index (χ1v) is 4.76. The molecule has 0 amide bonds. The van der Waals surface area contributed by atoms with E-state index in [1.165, 1.54) is 0 Å². The van der Waals surface area contributed by atoms with E-state index in [4.69, 9.17) is 10.00 Å². The second-order valence-corrected chi connectivity index (χ2v) is 3.94. The molecule has 0 heterocycles. The molecular weight excluding hydrogens is 164 g/mol. The average molecular weight is 184 g/mol. The molecule has 0 aliphatic heterocycles. The molecule has 0 fully saturated rings. The second-order valence-electron chi connectivity index (χ2n) is 3.94. The van der Waals surface area contributed by atoms with Crippen molar-refractivity contribution in [2.45, 2.75) is 45.8 Å². The van der Waals surface area contributed by atoms with Crippen molar-refractivity contribution < 1.29 is 4.74 Å². The summed E-state index contributed by atoms with van der Waals surface area (Å²) in [5, 5.41) is 11.8. The van der Waals surface area contributed by atoms with Crippen LogP contribution in [0.4, 0.5) is 0 Å². The van der Waals surface area contributed by atoms with Gasteiger partial charge in [0, 0.05) is 6.61 Å². The fourth-order valence-corrected chi connectivity index (χ4v) is 0.832. The van der Waals surface area contributed by atoms with Crippen LogP contribution < -0.4 is 5.32 Å². The number of hydrogen-bond acceptors (Lipinski definition) is 3. The highest BCUT2D eigenvalue weighted by Gasteiger charge is 2.13. The third-order valence-corrected chi connectivity index (χ3v) is 1.62. The van der Waals surface area contributed by atoms with Crippen molar-refractivity contribution in [2.75, 3.05) is 13.2 Å². The zero-order valence-corrected chi connectivity index (χ0v) is 9.05. The van der Waals surface area contributed by atoms with Crippen molar-refractivity contribution in [2.24, 2.45) is 0 Å². The minimum absolute atomic E-state index is 0.295.